The van der Waals surface area contributed by atoms with E-state index in [9.17, 15) is 4.79 Å². The second kappa shape index (κ2) is 7.13. The number of likely N-dealkylation sites (tertiary alicyclic amines) is 1. The Labute approximate surface area is 123 Å². The Morgan fingerprint density at radius 2 is 1.84 bits per heavy atom. The summed E-state index contributed by atoms with van der Waals surface area (Å²) in [5.41, 5.74) is 0.591. The van der Waals surface area contributed by atoms with Gasteiger partial charge in [0.15, 0.2) is 6.54 Å². The van der Waals surface area contributed by atoms with Crippen LogP contribution in [0.25, 0.3) is 0 Å². The molecule has 3 nitrogen and oxygen atoms in total. The summed E-state index contributed by atoms with van der Waals surface area (Å²) in [6.07, 6.45) is 4.98. The van der Waals surface area contributed by atoms with Crippen LogP contribution in [0.1, 0.15) is 25.7 Å². The highest BCUT2D eigenvalue weighted by Gasteiger charge is 2.17. The summed E-state index contributed by atoms with van der Waals surface area (Å²) in [5, 5.41) is 3.93. The Bertz CT molecular complexity index is 443. The van der Waals surface area contributed by atoms with Gasteiger partial charge in [0.05, 0.1) is 23.8 Å². The van der Waals surface area contributed by atoms with Gasteiger partial charge in [-0.1, -0.05) is 23.2 Å². The summed E-state index contributed by atoms with van der Waals surface area (Å²) < 4.78 is 0. The predicted octanol–water partition coefficient (Wildman–Crippen LogP) is 2.39. The molecule has 1 saturated heterocycles. The number of carbonyl (C=O) groups is 1. The molecule has 0 spiro atoms. The van der Waals surface area contributed by atoms with Crippen molar-refractivity contribution >= 4 is 34.8 Å². The van der Waals surface area contributed by atoms with E-state index in [1.54, 1.807) is 18.2 Å². The maximum Gasteiger partial charge on any atom is 0.279 e. The lowest BCUT2D eigenvalue weighted by Crippen LogP contribution is -3.12. The van der Waals surface area contributed by atoms with E-state index in [-0.39, 0.29) is 5.91 Å². The quantitative estimate of drug-likeness (QED) is 0.883. The third-order valence-electron chi connectivity index (χ3n) is 3.42. The van der Waals surface area contributed by atoms with Gasteiger partial charge in [-0.05, 0) is 43.9 Å². The SMILES string of the molecule is O=C(C[NH+]1CCCCCC1)Nc1cc(Cl)ccc1Cl. The predicted molar refractivity (Wildman–Crippen MR) is 79.1 cm³/mol. The van der Waals surface area contributed by atoms with E-state index in [2.05, 4.69) is 5.32 Å². The molecule has 1 fully saturated rings. The van der Waals surface area contributed by atoms with Crippen LogP contribution in [0.5, 0.6) is 0 Å². The van der Waals surface area contributed by atoms with Crippen LogP contribution in [-0.4, -0.2) is 25.5 Å². The van der Waals surface area contributed by atoms with Crippen LogP contribution in [0.2, 0.25) is 10.0 Å². The van der Waals surface area contributed by atoms with Crippen LogP contribution < -0.4 is 10.2 Å². The van der Waals surface area contributed by atoms with E-state index in [1.165, 1.54) is 30.6 Å². The fraction of sp³-hybridized carbons (Fsp3) is 0.500. The minimum atomic E-state index is 0.000988. The third kappa shape index (κ3) is 4.68. The molecule has 0 atom stereocenters. The Kier molecular flexibility index (Phi) is 5.49. The van der Waals surface area contributed by atoms with Crippen molar-refractivity contribution in [2.24, 2.45) is 0 Å². The molecule has 19 heavy (non-hydrogen) atoms. The van der Waals surface area contributed by atoms with E-state index < -0.39 is 0 Å². The molecule has 0 bridgehead atoms. The number of rotatable bonds is 3. The maximum atomic E-state index is 12.0. The van der Waals surface area contributed by atoms with Gasteiger partial charge in [0.1, 0.15) is 0 Å². The number of carbonyl (C=O) groups excluding carboxylic acids is 1. The number of nitrogens with one attached hydrogen (secondary N) is 2. The fourth-order valence-electron chi connectivity index (χ4n) is 2.42. The molecule has 5 heteroatoms. The van der Waals surface area contributed by atoms with Gasteiger partial charge in [-0.25, -0.2) is 0 Å². The normalized spacial score (nSPS) is 16.9. The van der Waals surface area contributed by atoms with Crippen molar-refractivity contribution in [1.82, 2.24) is 0 Å². The topological polar surface area (TPSA) is 33.5 Å². The first-order chi connectivity index (χ1) is 9.15. The molecule has 1 heterocycles. The fourth-order valence-corrected chi connectivity index (χ4v) is 2.76. The number of hydrogen-bond acceptors (Lipinski definition) is 1. The van der Waals surface area contributed by atoms with E-state index in [4.69, 9.17) is 23.2 Å². The minimum absolute atomic E-state index is 0.000988. The Morgan fingerprint density at radius 1 is 1.16 bits per heavy atom. The van der Waals surface area contributed by atoms with E-state index in [0.29, 0.717) is 22.3 Å². The molecular formula is C14H19Cl2N2O+. The van der Waals surface area contributed by atoms with Gasteiger partial charge in [-0.15, -0.1) is 0 Å². The van der Waals surface area contributed by atoms with Gasteiger partial charge < -0.3 is 10.2 Å². The van der Waals surface area contributed by atoms with Crippen molar-refractivity contribution in [1.29, 1.82) is 0 Å². The molecule has 1 aromatic rings. The summed E-state index contributed by atoms with van der Waals surface area (Å²) in [4.78, 5) is 13.4. The molecule has 1 aliphatic heterocycles. The lowest BCUT2D eigenvalue weighted by Gasteiger charge is -2.16. The van der Waals surface area contributed by atoms with Crippen LogP contribution in [0, 0.1) is 0 Å². The first-order valence-corrected chi connectivity index (χ1v) is 7.49. The van der Waals surface area contributed by atoms with Crippen molar-refractivity contribution in [2.45, 2.75) is 25.7 Å². The third-order valence-corrected chi connectivity index (χ3v) is 3.99. The molecule has 1 aliphatic rings. The van der Waals surface area contributed by atoms with E-state index in [1.807, 2.05) is 0 Å². The summed E-state index contributed by atoms with van der Waals surface area (Å²) in [7, 11) is 0. The van der Waals surface area contributed by atoms with Gasteiger partial charge in [0.25, 0.3) is 5.91 Å². The molecule has 0 saturated carbocycles. The largest absolute Gasteiger partial charge is 0.327 e. The number of quaternary nitrogens is 1. The van der Waals surface area contributed by atoms with Gasteiger partial charge in [-0.2, -0.15) is 0 Å². The zero-order valence-corrected chi connectivity index (χ0v) is 12.4. The molecule has 2 rings (SSSR count). The highest BCUT2D eigenvalue weighted by atomic mass is 35.5. The molecule has 0 unspecified atom stereocenters. The molecule has 0 aliphatic carbocycles. The van der Waals surface area contributed by atoms with Crippen molar-refractivity contribution in [3.63, 3.8) is 0 Å². The van der Waals surface area contributed by atoms with E-state index in [0.717, 1.165) is 13.1 Å². The van der Waals surface area contributed by atoms with Gasteiger partial charge in [0, 0.05) is 5.02 Å². The summed E-state index contributed by atoms with van der Waals surface area (Å²) >= 11 is 11.9. The summed E-state index contributed by atoms with van der Waals surface area (Å²) in [6, 6.07) is 5.08. The lowest BCUT2D eigenvalue weighted by molar-refractivity contribution is -0.890. The highest BCUT2D eigenvalue weighted by Crippen LogP contribution is 2.25. The van der Waals surface area contributed by atoms with Crippen LogP contribution in [0.15, 0.2) is 18.2 Å². The number of amides is 1. The molecule has 0 aromatic heterocycles. The van der Waals surface area contributed by atoms with Crippen LogP contribution in [0.3, 0.4) is 0 Å². The van der Waals surface area contributed by atoms with Crippen molar-refractivity contribution < 1.29 is 9.69 Å². The van der Waals surface area contributed by atoms with Crippen LogP contribution >= 0.6 is 23.2 Å². The molecule has 2 N–H and O–H groups in total. The molecule has 104 valence electrons. The molecular weight excluding hydrogens is 283 g/mol. The Hall–Kier alpha value is -0.770. The first kappa shape index (κ1) is 14.6. The van der Waals surface area contributed by atoms with Gasteiger partial charge >= 0.3 is 0 Å². The maximum absolute atomic E-state index is 12.0. The average Bonchev–Trinajstić information content (AvgIpc) is 2.62. The second-order valence-corrected chi connectivity index (χ2v) is 5.86. The Morgan fingerprint density at radius 3 is 2.53 bits per heavy atom. The standard InChI is InChI=1S/C14H18Cl2N2O/c15-11-5-6-12(16)13(9-11)17-14(19)10-18-7-3-1-2-4-8-18/h5-6,9H,1-4,7-8,10H2,(H,17,19)/p+1. The zero-order valence-electron chi connectivity index (χ0n) is 10.8. The second-order valence-electron chi connectivity index (χ2n) is 5.01. The van der Waals surface area contributed by atoms with E-state index >= 15 is 0 Å². The first-order valence-electron chi connectivity index (χ1n) is 6.73. The van der Waals surface area contributed by atoms with Crippen molar-refractivity contribution in [3.8, 4) is 0 Å². The number of benzene rings is 1. The zero-order chi connectivity index (χ0) is 13.7. The lowest BCUT2D eigenvalue weighted by atomic mass is 10.2. The number of hydrogen-bond donors (Lipinski definition) is 2. The van der Waals surface area contributed by atoms with Gasteiger partial charge in [-0.3, -0.25) is 4.79 Å². The minimum Gasteiger partial charge on any atom is -0.327 e. The molecule has 1 amide bonds. The molecule has 1 aromatic carbocycles. The smallest absolute Gasteiger partial charge is 0.279 e. The van der Waals surface area contributed by atoms with Crippen molar-refractivity contribution in [2.75, 3.05) is 25.0 Å². The number of halogens is 2. The molecule has 0 radical (unpaired) electrons. The highest BCUT2D eigenvalue weighted by molar-refractivity contribution is 6.35. The monoisotopic (exact) mass is 301 g/mol. The summed E-state index contributed by atoms with van der Waals surface area (Å²) in [5.74, 6) is 0.000988. The van der Waals surface area contributed by atoms with Crippen LogP contribution in [0.4, 0.5) is 5.69 Å². The number of anilines is 1. The van der Waals surface area contributed by atoms with Crippen LogP contribution in [-0.2, 0) is 4.79 Å². The summed E-state index contributed by atoms with van der Waals surface area (Å²) in [6.45, 7) is 2.66. The Balaban J connectivity index is 1.91. The average molecular weight is 302 g/mol. The van der Waals surface area contributed by atoms with Crippen molar-refractivity contribution in [3.05, 3.63) is 28.2 Å². The van der Waals surface area contributed by atoms with Gasteiger partial charge in [0.2, 0.25) is 0 Å².